The van der Waals surface area contributed by atoms with Gasteiger partial charge in [-0.05, 0) is 43.5 Å². The van der Waals surface area contributed by atoms with Crippen LogP contribution in [0.25, 0.3) is 0 Å². The van der Waals surface area contributed by atoms with Crippen LogP contribution in [0.15, 0.2) is 24.3 Å². The van der Waals surface area contributed by atoms with Crippen molar-refractivity contribution >= 4 is 21.6 Å². The highest BCUT2D eigenvalue weighted by molar-refractivity contribution is 7.91. The summed E-state index contributed by atoms with van der Waals surface area (Å²) in [4.78, 5) is 14.0. The molecular weight excluding hydrogens is 411 g/mol. The SMILES string of the molecule is O=C(Nc1ccc(OCC(F)(F)F)cc1)N1CCC(N[C@H]2CCS(=O)(=O)C2)CC1. The second-order valence-electron chi connectivity index (χ2n) is 7.39. The number of likely N-dealkylation sites (tertiary alicyclic amines) is 1. The van der Waals surface area contributed by atoms with Gasteiger partial charge in [0.05, 0.1) is 11.5 Å². The van der Waals surface area contributed by atoms with Gasteiger partial charge in [-0.15, -0.1) is 0 Å². The first-order chi connectivity index (χ1) is 13.6. The van der Waals surface area contributed by atoms with E-state index in [-0.39, 0.29) is 35.4 Å². The van der Waals surface area contributed by atoms with Gasteiger partial charge >= 0.3 is 12.2 Å². The lowest BCUT2D eigenvalue weighted by Gasteiger charge is -2.33. The van der Waals surface area contributed by atoms with Gasteiger partial charge in [0.25, 0.3) is 0 Å². The highest BCUT2D eigenvalue weighted by Gasteiger charge is 2.31. The topological polar surface area (TPSA) is 87.7 Å². The first-order valence-electron chi connectivity index (χ1n) is 9.42. The Hall–Kier alpha value is -2.01. The summed E-state index contributed by atoms with van der Waals surface area (Å²) in [5.74, 6) is 0.476. The van der Waals surface area contributed by atoms with Gasteiger partial charge in [0, 0.05) is 30.9 Å². The molecule has 2 aliphatic heterocycles. The van der Waals surface area contributed by atoms with Crippen LogP contribution < -0.4 is 15.4 Å². The van der Waals surface area contributed by atoms with E-state index in [1.807, 2.05) is 0 Å². The molecule has 0 unspecified atom stereocenters. The minimum atomic E-state index is -4.40. The number of sulfone groups is 1. The largest absolute Gasteiger partial charge is 0.484 e. The first-order valence-corrected chi connectivity index (χ1v) is 11.2. The maximum atomic E-state index is 12.4. The summed E-state index contributed by atoms with van der Waals surface area (Å²) in [5.41, 5.74) is 0.464. The van der Waals surface area contributed by atoms with Gasteiger partial charge in [-0.1, -0.05) is 0 Å². The number of rotatable bonds is 5. The maximum absolute atomic E-state index is 12.4. The molecular formula is C18H24F3N3O4S. The van der Waals surface area contributed by atoms with Crippen LogP contribution in [0.4, 0.5) is 23.7 Å². The van der Waals surface area contributed by atoms with E-state index in [0.29, 0.717) is 25.2 Å². The number of halogens is 3. The summed E-state index contributed by atoms with van der Waals surface area (Å²) in [7, 11) is -2.92. The van der Waals surface area contributed by atoms with Crippen molar-refractivity contribution in [3.8, 4) is 5.75 Å². The Morgan fingerprint density at radius 1 is 1.10 bits per heavy atom. The molecule has 2 saturated heterocycles. The number of nitrogens with zero attached hydrogens (tertiary/aromatic N) is 1. The van der Waals surface area contributed by atoms with Gasteiger partial charge in [0.1, 0.15) is 5.75 Å². The third-order valence-corrected chi connectivity index (χ3v) is 6.76. The summed E-state index contributed by atoms with van der Waals surface area (Å²) >= 11 is 0. The van der Waals surface area contributed by atoms with Crippen LogP contribution in [0.3, 0.4) is 0 Å². The molecule has 29 heavy (non-hydrogen) atoms. The lowest BCUT2D eigenvalue weighted by molar-refractivity contribution is -0.153. The summed E-state index contributed by atoms with van der Waals surface area (Å²) in [6.07, 6.45) is -2.31. The molecule has 0 spiro atoms. The van der Waals surface area contributed by atoms with Crippen LogP contribution in [0.1, 0.15) is 19.3 Å². The monoisotopic (exact) mass is 435 g/mol. The Morgan fingerprint density at radius 3 is 2.31 bits per heavy atom. The van der Waals surface area contributed by atoms with Gasteiger partial charge in [0.15, 0.2) is 16.4 Å². The van der Waals surface area contributed by atoms with E-state index in [1.54, 1.807) is 4.90 Å². The lowest BCUT2D eigenvalue weighted by Crippen LogP contribution is -2.49. The minimum absolute atomic E-state index is 0.0107. The van der Waals surface area contributed by atoms with Gasteiger partial charge in [-0.3, -0.25) is 0 Å². The number of carbonyl (C=O) groups excluding carboxylic acids is 1. The van der Waals surface area contributed by atoms with Crippen LogP contribution >= 0.6 is 0 Å². The van der Waals surface area contributed by atoms with Gasteiger partial charge in [-0.25, -0.2) is 13.2 Å². The molecule has 0 bridgehead atoms. The maximum Gasteiger partial charge on any atom is 0.422 e. The summed E-state index contributed by atoms with van der Waals surface area (Å²) in [5, 5.41) is 6.10. The van der Waals surface area contributed by atoms with Crippen molar-refractivity contribution < 1.29 is 31.1 Å². The van der Waals surface area contributed by atoms with Gasteiger partial charge in [0.2, 0.25) is 0 Å². The standard InChI is InChI=1S/C18H24F3N3O4S/c19-18(20,21)12-28-16-3-1-13(2-4-16)23-17(25)24-8-5-14(6-9-24)22-15-7-10-29(26,27)11-15/h1-4,14-15,22H,5-12H2,(H,23,25)/t15-/m0/s1. The average molecular weight is 435 g/mol. The highest BCUT2D eigenvalue weighted by atomic mass is 32.2. The Morgan fingerprint density at radius 2 is 1.76 bits per heavy atom. The molecule has 0 saturated carbocycles. The smallest absolute Gasteiger partial charge is 0.422 e. The summed E-state index contributed by atoms with van der Waals surface area (Å²) in [6.45, 7) is -0.292. The van der Waals surface area contributed by atoms with E-state index >= 15 is 0 Å². The van der Waals surface area contributed by atoms with Crippen LogP contribution in [-0.2, 0) is 9.84 Å². The van der Waals surface area contributed by atoms with Crippen molar-refractivity contribution in [1.29, 1.82) is 0 Å². The lowest BCUT2D eigenvalue weighted by atomic mass is 10.0. The number of hydrogen-bond donors (Lipinski definition) is 2. The molecule has 2 amide bonds. The molecule has 162 valence electrons. The van der Waals surface area contributed by atoms with E-state index < -0.39 is 22.6 Å². The molecule has 0 radical (unpaired) electrons. The third-order valence-electron chi connectivity index (χ3n) is 4.99. The Labute approximate surface area is 167 Å². The van der Waals surface area contributed by atoms with E-state index in [1.165, 1.54) is 24.3 Å². The number of ether oxygens (including phenoxy) is 1. The zero-order valence-electron chi connectivity index (χ0n) is 15.7. The number of carbonyl (C=O) groups is 1. The number of alkyl halides is 3. The van der Waals surface area contributed by atoms with Crippen molar-refractivity contribution in [2.75, 3.05) is 36.5 Å². The third kappa shape index (κ3) is 6.77. The zero-order valence-corrected chi connectivity index (χ0v) is 16.6. The van der Waals surface area contributed by atoms with Gasteiger partial charge < -0.3 is 20.3 Å². The van der Waals surface area contributed by atoms with E-state index in [0.717, 1.165) is 12.8 Å². The molecule has 0 aliphatic carbocycles. The molecule has 2 N–H and O–H groups in total. The molecule has 1 aromatic rings. The molecule has 1 aromatic carbocycles. The summed E-state index contributed by atoms with van der Waals surface area (Å²) in [6, 6.07) is 5.60. The molecule has 1 atom stereocenters. The van der Waals surface area contributed by atoms with Crippen molar-refractivity contribution in [3.05, 3.63) is 24.3 Å². The molecule has 11 heteroatoms. The Balaban J connectivity index is 1.41. The fourth-order valence-electron chi connectivity index (χ4n) is 3.51. The number of nitrogens with one attached hydrogen (secondary N) is 2. The molecule has 7 nitrogen and oxygen atoms in total. The first kappa shape index (κ1) is 21.7. The van der Waals surface area contributed by atoms with Gasteiger partial charge in [-0.2, -0.15) is 13.2 Å². The van der Waals surface area contributed by atoms with Crippen molar-refractivity contribution in [2.45, 2.75) is 37.5 Å². The number of urea groups is 1. The molecule has 2 aliphatic rings. The average Bonchev–Trinajstić information content (AvgIpc) is 2.99. The number of anilines is 1. The quantitative estimate of drug-likeness (QED) is 0.742. The van der Waals surface area contributed by atoms with Crippen molar-refractivity contribution in [1.82, 2.24) is 10.2 Å². The summed E-state index contributed by atoms with van der Waals surface area (Å²) < 4.78 is 64.2. The van der Waals surface area contributed by atoms with Crippen LogP contribution in [0.5, 0.6) is 5.75 Å². The number of piperidine rings is 1. The number of hydrogen-bond acceptors (Lipinski definition) is 5. The molecule has 2 fully saturated rings. The second kappa shape index (κ2) is 8.78. The Bertz CT molecular complexity index is 807. The normalized spacial score (nSPS) is 22.4. The fourth-order valence-corrected chi connectivity index (χ4v) is 5.20. The molecule has 3 rings (SSSR count). The number of benzene rings is 1. The van der Waals surface area contributed by atoms with Crippen LogP contribution in [-0.4, -0.2) is 68.8 Å². The van der Waals surface area contributed by atoms with Crippen molar-refractivity contribution in [2.24, 2.45) is 0 Å². The van der Waals surface area contributed by atoms with E-state index in [2.05, 4.69) is 15.4 Å². The predicted molar refractivity (Wildman–Crippen MR) is 102 cm³/mol. The van der Waals surface area contributed by atoms with Crippen molar-refractivity contribution in [3.63, 3.8) is 0 Å². The predicted octanol–water partition coefficient (Wildman–Crippen LogP) is 2.40. The Kier molecular flexibility index (Phi) is 6.57. The highest BCUT2D eigenvalue weighted by Crippen LogP contribution is 2.21. The number of amides is 2. The second-order valence-corrected chi connectivity index (χ2v) is 9.62. The van der Waals surface area contributed by atoms with E-state index in [4.69, 9.17) is 0 Å². The van der Waals surface area contributed by atoms with E-state index in [9.17, 15) is 26.4 Å². The molecule has 0 aromatic heterocycles. The molecule has 2 heterocycles. The van der Waals surface area contributed by atoms with Crippen LogP contribution in [0.2, 0.25) is 0 Å². The fraction of sp³-hybridized carbons (Fsp3) is 0.611. The zero-order chi connectivity index (χ0) is 21.1. The van der Waals surface area contributed by atoms with Crippen LogP contribution in [0, 0.1) is 0 Å². The minimum Gasteiger partial charge on any atom is -0.484 e.